The van der Waals surface area contributed by atoms with Gasteiger partial charge in [0.2, 0.25) is 0 Å². The van der Waals surface area contributed by atoms with Crippen LogP contribution in [0.5, 0.6) is 0 Å². The number of aromatic amines is 1. The van der Waals surface area contributed by atoms with E-state index in [1.807, 2.05) is 0 Å². The topological polar surface area (TPSA) is 92.7 Å². The lowest BCUT2D eigenvalue weighted by Crippen LogP contribution is -2.46. The number of nitrogens with zero attached hydrogens (tertiary/aromatic N) is 2. The summed E-state index contributed by atoms with van der Waals surface area (Å²) in [6.07, 6.45) is -4.82. The molecule has 0 aliphatic carbocycles. The zero-order chi connectivity index (χ0) is 15.1. The van der Waals surface area contributed by atoms with Crippen LogP contribution in [0, 0.1) is 6.92 Å². The Hall–Kier alpha value is -2.10. The van der Waals surface area contributed by atoms with E-state index in [1.165, 1.54) is 24.3 Å². The van der Waals surface area contributed by atoms with Crippen molar-refractivity contribution in [2.75, 3.05) is 5.73 Å². The fourth-order valence-electron chi connectivity index (χ4n) is 1.46. The molecule has 1 aromatic carbocycles. The molecule has 0 unspecified atom stereocenters. The molecule has 0 aliphatic heterocycles. The van der Waals surface area contributed by atoms with Crippen LogP contribution in [0.2, 0.25) is 0 Å². The van der Waals surface area contributed by atoms with Crippen molar-refractivity contribution in [2.45, 2.75) is 18.0 Å². The van der Waals surface area contributed by atoms with Gasteiger partial charge in [-0.15, -0.1) is 0 Å². The van der Waals surface area contributed by atoms with E-state index in [1.54, 1.807) is 12.0 Å². The van der Waals surface area contributed by atoms with E-state index in [9.17, 15) is 21.6 Å². The predicted octanol–water partition coefficient (Wildman–Crippen LogP) is 0.844. The van der Waals surface area contributed by atoms with Gasteiger partial charge in [-0.3, -0.25) is 5.73 Å². The summed E-state index contributed by atoms with van der Waals surface area (Å²) in [5.41, 5.74) is 6.04. The van der Waals surface area contributed by atoms with Crippen LogP contribution in [0.3, 0.4) is 0 Å². The van der Waals surface area contributed by atoms with Gasteiger partial charge < -0.3 is 0 Å². The lowest BCUT2D eigenvalue weighted by atomic mass is 10.2. The van der Waals surface area contributed by atoms with Gasteiger partial charge >= 0.3 is 28.0 Å². The number of hydrogen-bond acceptors (Lipinski definition) is 4. The molecule has 0 fully saturated rings. The Morgan fingerprint density at radius 3 is 2.25 bits per heavy atom. The maximum Gasteiger partial charge on any atom is 0.469 e. The van der Waals surface area contributed by atoms with Gasteiger partial charge in [0.25, 0.3) is 0 Å². The normalized spacial score (nSPS) is 12.6. The summed E-state index contributed by atoms with van der Waals surface area (Å²) in [6.45, 7) is 1.75. The zero-order valence-electron chi connectivity index (χ0n) is 10.1. The van der Waals surface area contributed by atoms with Gasteiger partial charge in [0.1, 0.15) is 4.90 Å². The highest BCUT2D eigenvalue weighted by Crippen LogP contribution is 2.26. The Morgan fingerprint density at radius 2 is 1.80 bits per heavy atom. The number of aromatic nitrogens is 3. The monoisotopic (exact) mass is 307 g/mol. The second-order valence-electron chi connectivity index (χ2n) is 4.01. The van der Waals surface area contributed by atoms with E-state index in [2.05, 4.69) is 4.98 Å². The molecule has 6 nitrogen and oxygen atoms in total. The molecule has 10 heteroatoms. The predicted molar refractivity (Wildman–Crippen MR) is 62.0 cm³/mol. The number of nitrogen functional groups attached to an aromatic ring is 1. The third-order valence-corrected chi connectivity index (χ3v) is 4.10. The first kappa shape index (κ1) is 14.3. The average molecular weight is 307 g/mol. The molecule has 20 heavy (non-hydrogen) atoms. The first-order chi connectivity index (χ1) is 9.12. The van der Waals surface area contributed by atoms with Gasteiger partial charge in [0.05, 0.1) is 0 Å². The molecule has 0 spiro atoms. The molecule has 0 bridgehead atoms. The number of hydrogen-bond donors (Lipinski definition) is 2. The zero-order valence-corrected chi connectivity index (χ0v) is 11.0. The third-order valence-electron chi connectivity index (χ3n) is 2.47. The Balaban J connectivity index is 2.55. The fraction of sp³-hybridized carbons (Fsp3) is 0.200. The molecule has 0 saturated carbocycles. The quantitative estimate of drug-likeness (QED) is 0.804. The van der Waals surface area contributed by atoms with E-state index in [4.69, 9.17) is 5.73 Å². The van der Waals surface area contributed by atoms with Crippen LogP contribution in [-0.4, -0.2) is 18.5 Å². The van der Waals surface area contributed by atoms with E-state index in [0.29, 0.717) is 0 Å². The average Bonchev–Trinajstić information content (AvgIpc) is 2.72. The molecule has 2 rings (SSSR count). The highest BCUT2D eigenvalue weighted by Gasteiger charge is 2.42. The Bertz CT molecular complexity index is 735. The van der Waals surface area contributed by atoms with Crippen molar-refractivity contribution in [2.24, 2.45) is 0 Å². The Kier molecular flexibility index (Phi) is 3.20. The largest absolute Gasteiger partial charge is 0.469 e. The Labute approximate surface area is 112 Å². The number of nitrogens with one attached hydrogen (secondary N) is 1. The minimum atomic E-state index is -4.82. The van der Waals surface area contributed by atoms with Gasteiger partial charge in [0, 0.05) is 0 Å². The number of halogens is 3. The van der Waals surface area contributed by atoms with Crippen molar-refractivity contribution in [3.63, 3.8) is 0 Å². The SMILES string of the molecule is Cc1ccc(S(=O)(=O)[n+]2[nH]c(C(F)(F)F)nc2N)cc1. The summed E-state index contributed by atoms with van der Waals surface area (Å²) >= 11 is 0. The van der Waals surface area contributed by atoms with Crippen LogP contribution >= 0.6 is 0 Å². The number of nitrogens with two attached hydrogens (primary N) is 1. The number of benzene rings is 1. The number of rotatable bonds is 2. The van der Waals surface area contributed by atoms with Crippen molar-refractivity contribution in [3.05, 3.63) is 35.7 Å². The van der Waals surface area contributed by atoms with Crippen LogP contribution in [0.25, 0.3) is 0 Å². The van der Waals surface area contributed by atoms with E-state index in [-0.39, 0.29) is 8.98 Å². The molecular weight excluding hydrogens is 297 g/mol. The summed E-state index contributed by atoms with van der Waals surface area (Å²) < 4.78 is 61.9. The van der Waals surface area contributed by atoms with Gasteiger partial charge in [0.15, 0.2) is 0 Å². The highest BCUT2D eigenvalue weighted by molar-refractivity contribution is 7.85. The number of H-pyrrole nitrogens is 1. The summed E-state index contributed by atoms with van der Waals surface area (Å²) in [4.78, 5) is 2.78. The molecule has 3 N–H and O–H groups in total. The standard InChI is InChI=1S/C10H9F3N4O2S/c1-6-2-4-7(5-3-6)20(18,19)17-9(14)15-8(16-17)10(11,12)13/h2-5H,1H3,(H2,14,15,16)/p+1. The fourth-order valence-corrected chi connectivity index (χ4v) is 2.65. The van der Waals surface area contributed by atoms with Gasteiger partial charge in [-0.1, -0.05) is 17.7 Å². The van der Waals surface area contributed by atoms with Crippen LogP contribution in [0.1, 0.15) is 11.4 Å². The second kappa shape index (κ2) is 4.47. The Morgan fingerprint density at radius 1 is 1.25 bits per heavy atom. The molecule has 0 aliphatic rings. The lowest BCUT2D eigenvalue weighted by Gasteiger charge is -2.02. The van der Waals surface area contributed by atoms with Gasteiger partial charge in [-0.2, -0.15) is 26.7 Å². The molecule has 0 amide bonds. The maximum absolute atomic E-state index is 12.5. The van der Waals surface area contributed by atoms with Crippen molar-refractivity contribution in [1.29, 1.82) is 0 Å². The van der Waals surface area contributed by atoms with E-state index in [0.717, 1.165) is 5.56 Å². The van der Waals surface area contributed by atoms with Crippen molar-refractivity contribution < 1.29 is 25.7 Å². The number of anilines is 1. The van der Waals surface area contributed by atoms with Crippen LogP contribution in [0.15, 0.2) is 29.2 Å². The highest BCUT2D eigenvalue weighted by atomic mass is 32.2. The second-order valence-corrected chi connectivity index (χ2v) is 5.80. The summed E-state index contributed by atoms with van der Waals surface area (Å²) in [5.74, 6) is -2.27. The van der Waals surface area contributed by atoms with Crippen LogP contribution in [0.4, 0.5) is 19.1 Å². The van der Waals surface area contributed by atoms with Gasteiger partial charge in [-0.25, -0.2) is 0 Å². The molecular formula is C10H10F3N4O2S+. The summed E-state index contributed by atoms with van der Waals surface area (Å²) in [6, 6.07) is 5.58. The molecule has 1 heterocycles. The minimum Gasteiger partial charge on any atom is -0.285 e. The molecule has 0 saturated heterocycles. The maximum atomic E-state index is 12.5. The van der Waals surface area contributed by atoms with Crippen molar-refractivity contribution >= 4 is 16.0 Å². The molecule has 108 valence electrons. The molecule has 2 aromatic rings. The van der Waals surface area contributed by atoms with Crippen molar-refractivity contribution in [3.8, 4) is 0 Å². The first-order valence-electron chi connectivity index (χ1n) is 5.29. The molecule has 1 aromatic heterocycles. The van der Waals surface area contributed by atoms with Crippen LogP contribution < -0.4 is 9.82 Å². The third kappa shape index (κ3) is 2.46. The van der Waals surface area contributed by atoms with Crippen molar-refractivity contribution in [1.82, 2.24) is 10.1 Å². The smallest absolute Gasteiger partial charge is 0.285 e. The minimum absolute atomic E-state index is 0.195. The van der Waals surface area contributed by atoms with E-state index < -0.39 is 28.0 Å². The molecule has 0 atom stereocenters. The van der Waals surface area contributed by atoms with Crippen LogP contribution in [-0.2, 0) is 16.2 Å². The first-order valence-corrected chi connectivity index (χ1v) is 6.73. The molecule has 0 radical (unpaired) electrons. The summed E-state index contributed by atoms with van der Waals surface area (Å²) in [5, 5.41) is 1.64. The summed E-state index contributed by atoms with van der Waals surface area (Å²) in [7, 11) is -4.25. The van der Waals surface area contributed by atoms with Gasteiger partial charge in [-0.05, 0) is 28.1 Å². The lowest BCUT2D eigenvalue weighted by molar-refractivity contribution is -0.563. The number of alkyl halides is 3. The number of aryl methyl sites for hydroxylation is 1. The van der Waals surface area contributed by atoms with E-state index >= 15 is 0 Å².